The maximum Gasteiger partial charge on any atom is 0.243 e. The number of nitrogens with zero attached hydrogens (tertiary/aromatic N) is 1. The monoisotopic (exact) mass is 335 g/mol. The van der Waals surface area contributed by atoms with E-state index in [1.165, 1.54) is 23.5 Å². The molecule has 1 aliphatic rings. The van der Waals surface area contributed by atoms with Crippen LogP contribution in [0.5, 0.6) is 0 Å². The molecule has 23 heavy (non-hydrogen) atoms. The van der Waals surface area contributed by atoms with Gasteiger partial charge in [-0.3, -0.25) is 4.79 Å². The molecule has 0 saturated carbocycles. The molecule has 1 atom stereocenters. The Morgan fingerprint density at radius 1 is 1.43 bits per heavy atom. The number of ether oxygens (including phenoxy) is 1. The highest BCUT2D eigenvalue weighted by Crippen LogP contribution is 2.26. The number of carbonyl (C=O) groups is 1. The van der Waals surface area contributed by atoms with Gasteiger partial charge >= 0.3 is 0 Å². The minimum atomic E-state index is -0.569. The van der Waals surface area contributed by atoms with Crippen LogP contribution in [0.4, 0.5) is 9.52 Å². The van der Waals surface area contributed by atoms with Crippen molar-refractivity contribution in [3.05, 3.63) is 35.5 Å². The summed E-state index contributed by atoms with van der Waals surface area (Å²) in [7, 11) is 0. The summed E-state index contributed by atoms with van der Waals surface area (Å²) in [5.74, 6) is -0.425. The lowest BCUT2D eigenvalue weighted by Gasteiger charge is -2.26. The number of carbonyl (C=O) groups excluding carboxylic acids is 1. The number of hydrogen-bond donors (Lipinski definition) is 2. The van der Waals surface area contributed by atoms with Gasteiger partial charge in [0.1, 0.15) is 5.82 Å². The maximum absolute atomic E-state index is 13.3. The molecule has 2 aromatic rings. The molecule has 1 aliphatic heterocycles. The zero-order valence-corrected chi connectivity index (χ0v) is 13.3. The number of nitrogens with two attached hydrogens (primary N) is 1. The molecular formula is C16H18FN3O2S. The van der Waals surface area contributed by atoms with E-state index in [1.807, 2.05) is 0 Å². The largest absolute Gasteiger partial charge is 0.381 e. The number of hydrogen-bond acceptors (Lipinski definition) is 5. The molecule has 0 bridgehead atoms. The van der Waals surface area contributed by atoms with Gasteiger partial charge in [0.25, 0.3) is 0 Å². The summed E-state index contributed by atoms with van der Waals surface area (Å²) in [6.07, 6.45) is 1.59. The van der Waals surface area contributed by atoms with Crippen molar-refractivity contribution in [3.63, 3.8) is 0 Å². The smallest absolute Gasteiger partial charge is 0.243 e. The Hall–Kier alpha value is -1.83. The van der Waals surface area contributed by atoms with Crippen molar-refractivity contribution in [1.29, 1.82) is 0 Å². The highest BCUT2D eigenvalue weighted by Gasteiger charge is 2.27. The Kier molecular flexibility index (Phi) is 5.00. The Bertz CT molecular complexity index is 685. The van der Waals surface area contributed by atoms with Crippen molar-refractivity contribution in [2.24, 2.45) is 11.7 Å². The molecule has 122 valence electrons. The van der Waals surface area contributed by atoms with E-state index >= 15 is 0 Å². The third-order valence-electron chi connectivity index (χ3n) is 3.93. The summed E-state index contributed by atoms with van der Waals surface area (Å²) >= 11 is 1.30. The van der Waals surface area contributed by atoms with Crippen LogP contribution in [0.15, 0.2) is 29.6 Å². The Morgan fingerprint density at radius 3 is 2.96 bits per heavy atom. The van der Waals surface area contributed by atoms with Crippen LogP contribution in [-0.4, -0.2) is 30.1 Å². The number of anilines is 1. The van der Waals surface area contributed by atoms with Crippen LogP contribution in [-0.2, 0) is 9.53 Å². The number of thiazole rings is 1. The van der Waals surface area contributed by atoms with Crippen LogP contribution in [0.3, 0.4) is 0 Å². The van der Waals surface area contributed by atoms with E-state index in [-0.39, 0.29) is 17.6 Å². The van der Waals surface area contributed by atoms with Crippen molar-refractivity contribution >= 4 is 22.4 Å². The van der Waals surface area contributed by atoms with Crippen LogP contribution in [0, 0.1) is 11.7 Å². The fourth-order valence-corrected chi connectivity index (χ4v) is 3.31. The van der Waals surface area contributed by atoms with Crippen LogP contribution in [0.2, 0.25) is 0 Å². The summed E-state index contributed by atoms with van der Waals surface area (Å²) in [6.45, 7) is 1.29. The van der Waals surface area contributed by atoms with Crippen LogP contribution < -0.4 is 11.1 Å². The molecule has 0 aliphatic carbocycles. The second kappa shape index (κ2) is 7.16. The zero-order valence-electron chi connectivity index (χ0n) is 12.5. The van der Waals surface area contributed by atoms with E-state index in [1.54, 1.807) is 17.5 Å². The minimum absolute atomic E-state index is 0.131. The van der Waals surface area contributed by atoms with E-state index in [0.717, 1.165) is 12.8 Å². The molecular weight excluding hydrogens is 317 g/mol. The van der Waals surface area contributed by atoms with Gasteiger partial charge in [-0.05, 0) is 30.9 Å². The first kappa shape index (κ1) is 16.0. The number of rotatable bonds is 4. The van der Waals surface area contributed by atoms with E-state index < -0.39 is 6.04 Å². The molecule has 7 heteroatoms. The third kappa shape index (κ3) is 3.93. The number of aromatic nitrogens is 1. The van der Waals surface area contributed by atoms with Crippen molar-refractivity contribution in [2.45, 2.75) is 18.9 Å². The summed E-state index contributed by atoms with van der Waals surface area (Å²) in [4.78, 5) is 16.6. The van der Waals surface area contributed by atoms with Gasteiger partial charge in [0.05, 0.1) is 11.7 Å². The van der Waals surface area contributed by atoms with Crippen molar-refractivity contribution < 1.29 is 13.9 Å². The molecule has 1 unspecified atom stereocenters. The van der Waals surface area contributed by atoms with E-state index in [9.17, 15) is 9.18 Å². The van der Waals surface area contributed by atoms with Crippen molar-refractivity contribution in [2.75, 3.05) is 18.5 Å². The average Bonchev–Trinajstić information content (AvgIpc) is 3.03. The normalized spacial score (nSPS) is 17.0. The van der Waals surface area contributed by atoms with E-state index in [2.05, 4.69) is 10.3 Å². The van der Waals surface area contributed by atoms with Gasteiger partial charge < -0.3 is 15.8 Å². The van der Waals surface area contributed by atoms with Gasteiger partial charge in [0, 0.05) is 24.2 Å². The fourth-order valence-electron chi connectivity index (χ4n) is 2.59. The van der Waals surface area contributed by atoms with Crippen molar-refractivity contribution in [1.82, 2.24) is 4.98 Å². The van der Waals surface area contributed by atoms with Crippen LogP contribution in [0.25, 0.3) is 11.3 Å². The first-order chi connectivity index (χ1) is 11.1. The molecule has 1 amide bonds. The second-order valence-corrected chi connectivity index (χ2v) is 6.37. The quantitative estimate of drug-likeness (QED) is 0.900. The summed E-state index contributed by atoms with van der Waals surface area (Å²) in [5, 5.41) is 5.00. The average molecular weight is 335 g/mol. The summed E-state index contributed by atoms with van der Waals surface area (Å²) < 4.78 is 18.5. The minimum Gasteiger partial charge on any atom is -0.381 e. The zero-order chi connectivity index (χ0) is 16.2. The molecule has 3 N–H and O–H groups in total. The number of amides is 1. The predicted molar refractivity (Wildman–Crippen MR) is 87.7 cm³/mol. The molecule has 2 heterocycles. The molecule has 1 fully saturated rings. The van der Waals surface area contributed by atoms with Gasteiger partial charge in [-0.15, -0.1) is 11.3 Å². The van der Waals surface area contributed by atoms with Crippen molar-refractivity contribution in [3.8, 4) is 11.3 Å². The number of halogens is 1. The van der Waals surface area contributed by atoms with Gasteiger partial charge in [0.15, 0.2) is 5.13 Å². The lowest BCUT2D eigenvalue weighted by molar-refractivity contribution is -0.119. The number of benzene rings is 1. The lowest BCUT2D eigenvalue weighted by atomic mass is 9.92. The van der Waals surface area contributed by atoms with Gasteiger partial charge in [-0.2, -0.15) is 0 Å². The highest BCUT2D eigenvalue weighted by molar-refractivity contribution is 7.14. The Morgan fingerprint density at radius 2 is 2.22 bits per heavy atom. The standard InChI is InChI=1S/C16H18FN3O2S/c17-12-3-1-2-11(8-12)13-9-23-16(19-13)20-15(21)14(18)10-4-6-22-7-5-10/h1-3,8-10,14H,4-7,18H2,(H,19,20,21). The predicted octanol–water partition coefficient (Wildman–Crippen LogP) is 2.64. The van der Waals surface area contributed by atoms with Crippen LogP contribution in [0.1, 0.15) is 12.8 Å². The third-order valence-corrected chi connectivity index (χ3v) is 4.69. The van der Waals surface area contributed by atoms with Gasteiger partial charge in [-0.1, -0.05) is 12.1 Å². The van der Waals surface area contributed by atoms with Crippen LogP contribution >= 0.6 is 11.3 Å². The van der Waals surface area contributed by atoms with Gasteiger partial charge in [-0.25, -0.2) is 9.37 Å². The molecule has 0 radical (unpaired) electrons. The Balaban J connectivity index is 1.65. The van der Waals surface area contributed by atoms with Gasteiger partial charge in [0.2, 0.25) is 5.91 Å². The summed E-state index contributed by atoms with van der Waals surface area (Å²) in [6, 6.07) is 5.63. The first-order valence-corrected chi connectivity index (χ1v) is 8.37. The lowest BCUT2D eigenvalue weighted by Crippen LogP contribution is -2.43. The highest BCUT2D eigenvalue weighted by atomic mass is 32.1. The molecule has 5 nitrogen and oxygen atoms in total. The SMILES string of the molecule is NC(C(=O)Nc1nc(-c2cccc(F)c2)cs1)C1CCOCC1. The molecule has 3 rings (SSSR count). The topological polar surface area (TPSA) is 77.2 Å². The molecule has 0 spiro atoms. The molecule has 1 aromatic carbocycles. The van der Waals surface area contributed by atoms with E-state index in [4.69, 9.17) is 10.5 Å². The number of nitrogens with one attached hydrogen (secondary N) is 1. The first-order valence-electron chi connectivity index (χ1n) is 7.49. The fraction of sp³-hybridized carbons (Fsp3) is 0.375. The molecule has 1 saturated heterocycles. The Labute approximate surface area is 137 Å². The molecule has 1 aromatic heterocycles. The maximum atomic E-state index is 13.3. The second-order valence-electron chi connectivity index (χ2n) is 5.51. The van der Waals surface area contributed by atoms with E-state index in [0.29, 0.717) is 29.6 Å². The summed E-state index contributed by atoms with van der Waals surface area (Å²) in [5.41, 5.74) is 7.34.